The van der Waals surface area contributed by atoms with Gasteiger partial charge in [-0.3, -0.25) is 0 Å². The summed E-state index contributed by atoms with van der Waals surface area (Å²) in [5, 5.41) is 0. The Morgan fingerprint density at radius 3 is 1.42 bits per heavy atom. The second kappa shape index (κ2) is 19.3. The lowest BCUT2D eigenvalue weighted by Crippen LogP contribution is -2.38. The minimum atomic E-state index is -2.14. The zero-order chi connectivity index (χ0) is 24.2. The van der Waals surface area contributed by atoms with E-state index in [4.69, 9.17) is 13.6 Å². The highest BCUT2D eigenvalue weighted by Crippen LogP contribution is 2.22. The van der Waals surface area contributed by atoms with Crippen LogP contribution < -0.4 is 9.16 Å². The molecule has 0 bridgehead atoms. The molecular weight excluding hydrogens is 424 g/mol. The lowest BCUT2D eigenvalue weighted by Gasteiger charge is -2.24. The highest BCUT2D eigenvalue weighted by molar-refractivity contribution is 6.65. The van der Waals surface area contributed by atoms with Crippen LogP contribution in [0.2, 0.25) is 13.1 Å². The third-order valence-corrected chi connectivity index (χ3v) is 7.63. The fourth-order valence-corrected chi connectivity index (χ4v) is 5.54. The second-order valence-electron chi connectivity index (χ2n) is 10.3. The van der Waals surface area contributed by atoms with E-state index in [1.165, 1.54) is 96.3 Å². The zero-order valence-corrected chi connectivity index (χ0v) is 23.6. The molecule has 0 aliphatic heterocycles. The molecule has 1 aromatic rings. The molecule has 0 unspecified atom stereocenters. The van der Waals surface area contributed by atoms with Gasteiger partial charge in [0.2, 0.25) is 0 Å². The molecule has 0 aliphatic rings. The molecular formula is C29H54O3Si. The summed E-state index contributed by atoms with van der Waals surface area (Å²) in [6, 6.07) is 7.89. The normalized spacial score (nSPS) is 11.8. The first-order valence-corrected chi connectivity index (χ1v) is 16.8. The second-order valence-corrected chi connectivity index (χ2v) is 13.6. The molecule has 0 radical (unpaired) electrons. The van der Waals surface area contributed by atoms with Gasteiger partial charge in [-0.1, -0.05) is 103 Å². The van der Waals surface area contributed by atoms with E-state index in [9.17, 15) is 0 Å². The number of unbranched alkanes of at least 4 members (excludes halogenated alkanes) is 15. The Bertz CT molecular complexity index is 556. The first-order valence-electron chi connectivity index (χ1n) is 14.0. The van der Waals surface area contributed by atoms with Crippen molar-refractivity contribution in [3.8, 4) is 11.5 Å². The van der Waals surface area contributed by atoms with Crippen LogP contribution in [0.4, 0.5) is 0 Å². The molecule has 0 heterocycles. The minimum absolute atomic E-state index is 0.186. The van der Waals surface area contributed by atoms with E-state index in [0.29, 0.717) is 0 Å². The molecule has 0 fully saturated rings. The maximum atomic E-state index is 6.15. The van der Waals surface area contributed by atoms with E-state index >= 15 is 0 Å². The van der Waals surface area contributed by atoms with Crippen molar-refractivity contribution >= 4 is 8.56 Å². The number of hydrogen-bond donors (Lipinski definition) is 0. The predicted molar refractivity (Wildman–Crippen MR) is 146 cm³/mol. The largest absolute Gasteiger partial charge is 0.520 e. The van der Waals surface area contributed by atoms with E-state index in [0.717, 1.165) is 24.5 Å². The molecule has 0 N–H and O–H groups in total. The number of benzene rings is 1. The molecule has 33 heavy (non-hydrogen) atoms. The van der Waals surface area contributed by atoms with Gasteiger partial charge < -0.3 is 13.6 Å². The van der Waals surface area contributed by atoms with Gasteiger partial charge in [-0.2, -0.15) is 0 Å². The van der Waals surface area contributed by atoms with Crippen molar-refractivity contribution in [3.63, 3.8) is 0 Å². The van der Waals surface area contributed by atoms with Gasteiger partial charge in [-0.25, -0.2) is 0 Å². The topological polar surface area (TPSA) is 27.7 Å². The maximum absolute atomic E-state index is 6.15. The molecule has 0 aromatic heterocycles. The number of hydrogen-bond acceptors (Lipinski definition) is 3. The van der Waals surface area contributed by atoms with Crippen LogP contribution >= 0.6 is 0 Å². The van der Waals surface area contributed by atoms with Crippen molar-refractivity contribution in [1.82, 2.24) is 0 Å². The van der Waals surface area contributed by atoms with E-state index in [1.54, 1.807) is 0 Å². The molecule has 0 spiro atoms. The highest BCUT2D eigenvalue weighted by Gasteiger charge is 2.26. The van der Waals surface area contributed by atoms with E-state index in [-0.39, 0.29) is 6.10 Å². The molecule has 4 heteroatoms. The Kier molecular flexibility index (Phi) is 17.6. The standard InChI is InChI=1S/C29H54O3Si/c1-6-7-8-9-10-11-12-13-14-15-16-17-18-19-20-21-26-30-33(4,5)32-29-24-22-28(23-25-29)31-27(2)3/h22-25,27H,6-21,26H2,1-5H3. The number of rotatable bonds is 22. The third-order valence-electron chi connectivity index (χ3n) is 6.01. The summed E-state index contributed by atoms with van der Waals surface area (Å²) in [6.07, 6.45) is 22.5. The molecule has 0 amide bonds. The van der Waals surface area contributed by atoms with Crippen LogP contribution in [0.3, 0.4) is 0 Å². The Labute approximate surface area is 207 Å². The average molecular weight is 479 g/mol. The van der Waals surface area contributed by atoms with Crippen LogP contribution in [0.5, 0.6) is 11.5 Å². The van der Waals surface area contributed by atoms with E-state index < -0.39 is 8.56 Å². The van der Waals surface area contributed by atoms with Crippen molar-refractivity contribution in [2.75, 3.05) is 6.61 Å². The van der Waals surface area contributed by atoms with Gasteiger partial charge in [-0.15, -0.1) is 0 Å². The van der Waals surface area contributed by atoms with Gasteiger partial charge in [-0.05, 0) is 57.6 Å². The van der Waals surface area contributed by atoms with Crippen molar-refractivity contribution < 1.29 is 13.6 Å². The van der Waals surface area contributed by atoms with Crippen LogP contribution in [-0.2, 0) is 4.43 Å². The van der Waals surface area contributed by atoms with Gasteiger partial charge in [0.15, 0.2) is 0 Å². The van der Waals surface area contributed by atoms with Crippen LogP contribution in [0, 0.1) is 0 Å². The van der Waals surface area contributed by atoms with Crippen LogP contribution in [0.15, 0.2) is 24.3 Å². The summed E-state index contributed by atoms with van der Waals surface area (Å²) in [7, 11) is -2.14. The average Bonchev–Trinajstić information content (AvgIpc) is 2.76. The van der Waals surface area contributed by atoms with Gasteiger partial charge in [0, 0.05) is 6.61 Å². The fourth-order valence-electron chi connectivity index (χ4n) is 4.14. The molecule has 0 aliphatic carbocycles. The van der Waals surface area contributed by atoms with Crippen molar-refractivity contribution in [3.05, 3.63) is 24.3 Å². The summed E-state index contributed by atoms with van der Waals surface area (Å²) in [6.45, 7) is 11.4. The molecule has 3 nitrogen and oxygen atoms in total. The van der Waals surface area contributed by atoms with Gasteiger partial charge in [0.25, 0.3) is 0 Å². The molecule has 192 valence electrons. The third kappa shape index (κ3) is 18.1. The monoisotopic (exact) mass is 478 g/mol. The minimum Gasteiger partial charge on any atom is -0.520 e. The van der Waals surface area contributed by atoms with Gasteiger partial charge in [0.1, 0.15) is 11.5 Å². The predicted octanol–water partition coefficient (Wildman–Crippen LogP) is 9.83. The summed E-state index contributed by atoms with van der Waals surface area (Å²) in [4.78, 5) is 0. The van der Waals surface area contributed by atoms with Crippen LogP contribution in [0.25, 0.3) is 0 Å². The van der Waals surface area contributed by atoms with Crippen molar-refractivity contribution in [2.45, 2.75) is 143 Å². The van der Waals surface area contributed by atoms with Gasteiger partial charge in [0.05, 0.1) is 6.10 Å². The van der Waals surface area contributed by atoms with Gasteiger partial charge >= 0.3 is 8.56 Å². The Morgan fingerprint density at radius 2 is 1.00 bits per heavy atom. The molecule has 1 rings (SSSR count). The van der Waals surface area contributed by atoms with E-state index in [1.807, 2.05) is 38.1 Å². The SMILES string of the molecule is CCCCCCCCCCCCCCCCCCO[Si](C)(C)Oc1ccc(OC(C)C)cc1. The summed E-state index contributed by atoms with van der Waals surface area (Å²) < 4.78 is 18.0. The molecule has 1 aromatic carbocycles. The summed E-state index contributed by atoms with van der Waals surface area (Å²) in [5.41, 5.74) is 0. The van der Waals surface area contributed by atoms with E-state index in [2.05, 4.69) is 20.0 Å². The summed E-state index contributed by atoms with van der Waals surface area (Å²) in [5.74, 6) is 1.75. The first-order chi connectivity index (χ1) is 15.9. The lowest BCUT2D eigenvalue weighted by atomic mass is 10.0. The number of ether oxygens (including phenoxy) is 1. The summed E-state index contributed by atoms with van der Waals surface area (Å²) >= 11 is 0. The molecule has 0 saturated heterocycles. The smallest absolute Gasteiger partial charge is 0.392 e. The van der Waals surface area contributed by atoms with Crippen molar-refractivity contribution in [2.24, 2.45) is 0 Å². The lowest BCUT2D eigenvalue weighted by molar-refractivity contribution is 0.237. The van der Waals surface area contributed by atoms with Crippen molar-refractivity contribution in [1.29, 1.82) is 0 Å². The maximum Gasteiger partial charge on any atom is 0.392 e. The first kappa shape index (κ1) is 30.0. The fraction of sp³-hybridized carbons (Fsp3) is 0.793. The quantitative estimate of drug-likeness (QED) is 0.123. The zero-order valence-electron chi connectivity index (χ0n) is 22.6. The van der Waals surface area contributed by atoms with Crippen LogP contribution in [-0.4, -0.2) is 21.3 Å². The highest BCUT2D eigenvalue weighted by atomic mass is 28.4. The molecule has 0 saturated carbocycles. The Morgan fingerprint density at radius 1 is 0.606 bits per heavy atom. The van der Waals surface area contributed by atoms with Crippen LogP contribution in [0.1, 0.15) is 124 Å². The molecule has 0 atom stereocenters. The Balaban J connectivity index is 1.92. The Hall–Kier alpha value is -1.00.